The van der Waals surface area contributed by atoms with Gasteiger partial charge in [0.2, 0.25) is 5.91 Å². The van der Waals surface area contributed by atoms with E-state index in [-0.39, 0.29) is 17.3 Å². The first-order valence-electron chi connectivity index (χ1n) is 9.53. The Labute approximate surface area is 194 Å². The number of hydrogen-bond acceptors (Lipinski definition) is 5. The Balaban J connectivity index is 1.61. The van der Waals surface area contributed by atoms with Crippen molar-refractivity contribution in [1.82, 2.24) is 0 Å². The largest absolute Gasteiger partial charge is 0.322 e. The summed E-state index contributed by atoms with van der Waals surface area (Å²) in [6.45, 7) is 1.43. The number of benzene rings is 3. The number of carbonyl (C=O) groups excluding carboxylic acids is 2. The van der Waals surface area contributed by atoms with Crippen LogP contribution in [-0.2, 0) is 4.79 Å². The molecule has 1 atom stereocenters. The Morgan fingerprint density at radius 1 is 0.912 bits per heavy atom. The average molecular weight is 493 g/mol. The summed E-state index contributed by atoms with van der Waals surface area (Å²) in [5, 5.41) is 14.3. The van der Waals surface area contributed by atoms with Gasteiger partial charge >= 0.3 is 0 Å². The molecule has 0 aromatic heterocycles. The number of nitro benzene ring substituents is 1. The van der Waals surface area contributed by atoms with Gasteiger partial charge in [-0.3, -0.25) is 19.7 Å². The molecule has 1 unspecified atom stereocenters. The van der Waals surface area contributed by atoms with Crippen LogP contribution >= 0.6 is 11.8 Å². The van der Waals surface area contributed by atoms with Gasteiger partial charge < -0.3 is 10.6 Å². The molecule has 3 rings (SSSR count). The fourth-order valence-electron chi connectivity index (χ4n) is 2.72. The summed E-state index contributed by atoms with van der Waals surface area (Å²) in [5.41, 5.74) is -0.741. The molecule has 3 aromatic rings. The van der Waals surface area contributed by atoms with Gasteiger partial charge in [-0.2, -0.15) is 0 Å². The molecule has 176 valence electrons. The van der Waals surface area contributed by atoms with E-state index in [1.54, 1.807) is 12.1 Å². The van der Waals surface area contributed by atoms with Gasteiger partial charge in [-0.25, -0.2) is 17.6 Å². The summed E-state index contributed by atoms with van der Waals surface area (Å²) in [6.07, 6.45) is 0. The van der Waals surface area contributed by atoms with Crippen molar-refractivity contribution >= 4 is 40.6 Å². The highest BCUT2D eigenvalue weighted by Gasteiger charge is 2.23. The Hall–Kier alpha value is -3.93. The van der Waals surface area contributed by atoms with E-state index in [0.29, 0.717) is 10.6 Å². The van der Waals surface area contributed by atoms with Crippen LogP contribution in [0.5, 0.6) is 0 Å². The lowest BCUT2D eigenvalue weighted by molar-refractivity contribution is -0.384. The molecule has 0 fully saturated rings. The Bertz CT molecular complexity index is 1230. The third-order valence-electron chi connectivity index (χ3n) is 4.49. The first kappa shape index (κ1) is 24.7. The number of anilines is 2. The minimum Gasteiger partial charge on any atom is -0.322 e. The van der Waals surface area contributed by atoms with E-state index in [1.165, 1.54) is 43.3 Å². The van der Waals surface area contributed by atoms with Gasteiger partial charge in [0, 0.05) is 34.3 Å². The van der Waals surface area contributed by atoms with E-state index < -0.39 is 50.9 Å². The maximum atomic E-state index is 13.8. The van der Waals surface area contributed by atoms with Gasteiger partial charge in [0.05, 0.1) is 10.2 Å². The molecule has 0 spiro atoms. The van der Waals surface area contributed by atoms with Crippen LogP contribution in [0, 0.1) is 33.4 Å². The first-order chi connectivity index (χ1) is 16.1. The fourth-order valence-corrected chi connectivity index (χ4v) is 3.59. The van der Waals surface area contributed by atoms with Crippen molar-refractivity contribution in [2.75, 3.05) is 10.6 Å². The van der Waals surface area contributed by atoms with Crippen LogP contribution in [0.25, 0.3) is 0 Å². The number of nitro groups is 1. The highest BCUT2D eigenvalue weighted by atomic mass is 32.2. The van der Waals surface area contributed by atoms with E-state index >= 15 is 0 Å². The molecule has 3 aromatic carbocycles. The zero-order valence-electron chi connectivity index (χ0n) is 17.3. The van der Waals surface area contributed by atoms with E-state index in [2.05, 4.69) is 5.32 Å². The van der Waals surface area contributed by atoms with E-state index in [0.717, 1.165) is 11.8 Å². The average Bonchev–Trinajstić information content (AvgIpc) is 2.81. The third-order valence-corrected chi connectivity index (χ3v) is 5.61. The lowest BCUT2D eigenvalue weighted by Crippen LogP contribution is -2.24. The Morgan fingerprint density at radius 2 is 1.47 bits per heavy atom. The Morgan fingerprint density at radius 3 is 2.00 bits per heavy atom. The summed E-state index contributed by atoms with van der Waals surface area (Å²) in [7, 11) is 0. The van der Waals surface area contributed by atoms with Gasteiger partial charge in [0.25, 0.3) is 11.6 Å². The molecule has 0 bridgehead atoms. The van der Waals surface area contributed by atoms with E-state index in [9.17, 15) is 37.3 Å². The molecule has 0 aliphatic heterocycles. The van der Waals surface area contributed by atoms with Gasteiger partial charge in [-0.15, -0.1) is 11.8 Å². The van der Waals surface area contributed by atoms with Crippen LogP contribution in [0.4, 0.5) is 34.6 Å². The maximum absolute atomic E-state index is 13.8. The van der Waals surface area contributed by atoms with E-state index in [4.69, 9.17) is 0 Å². The normalized spacial score (nSPS) is 11.6. The predicted molar refractivity (Wildman–Crippen MR) is 118 cm³/mol. The minimum absolute atomic E-state index is 0.0421. The van der Waals surface area contributed by atoms with Crippen molar-refractivity contribution in [2.24, 2.45) is 0 Å². The molecule has 2 N–H and O–H groups in total. The minimum atomic E-state index is -1.71. The molecule has 0 radical (unpaired) electrons. The fraction of sp³-hybridized carbons (Fsp3) is 0.0909. The molecule has 12 heteroatoms. The standard InChI is InChI=1S/C22H15F4N3O4S/c1-11(21(30)28-20-18(25)16(23)10-17(24)19(20)26)34-15-8-4-13(5-9-15)27-22(31)12-2-6-14(7-3-12)29(32)33/h2-11H,1H3,(H,27,31)(H,28,30). The van der Waals surface area contributed by atoms with Gasteiger partial charge in [0.15, 0.2) is 23.3 Å². The van der Waals surface area contributed by atoms with Gasteiger partial charge in [0.1, 0.15) is 5.69 Å². The molecule has 0 aliphatic rings. The zero-order valence-corrected chi connectivity index (χ0v) is 18.1. The monoisotopic (exact) mass is 493 g/mol. The molecule has 0 heterocycles. The van der Waals surface area contributed by atoms with Crippen molar-refractivity contribution < 1.29 is 32.1 Å². The highest BCUT2D eigenvalue weighted by Crippen LogP contribution is 2.28. The van der Waals surface area contributed by atoms with Crippen molar-refractivity contribution in [3.63, 3.8) is 0 Å². The molecule has 2 amide bonds. The van der Waals surface area contributed by atoms with Crippen LogP contribution in [0.1, 0.15) is 17.3 Å². The molecule has 0 aliphatic carbocycles. The molecule has 0 saturated heterocycles. The smallest absolute Gasteiger partial charge is 0.269 e. The summed E-state index contributed by atoms with van der Waals surface area (Å²) < 4.78 is 54.1. The maximum Gasteiger partial charge on any atom is 0.269 e. The van der Waals surface area contributed by atoms with Crippen molar-refractivity contribution in [1.29, 1.82) is 0 Å². The van der Waals surface area contributed by atoms with Crippen LogP contribution in [0.3, 0.4) is 0 Å². The zero-order chi connectivity index (χ0) is 25.0. The van der Waals surface area contributed by atoms with Crippen LogP contribution < -0.4 is 10.6 Å². The number of amides is 2. The Kier molecular flexibility index (Phi) is 7.51. The third kappa shape index (κ3) is 5.70. The number of thioether (sulfide) groups is 1. The number of non-ortho nitro benzene ring substituents is 1. The molecular weight excluding hydrogens is 478 g/mol. The van der Waals surface area contributed by atoms with Gasteiger partial charge in [-0.05, 0) is 43.3 Å². The number of nitrogens with zero attached hydrogens (tertiary/aromatic N) is 1. The molecule has 7 nitrogen and oxygen atoms in total. The lowest BCUT2D eigenvalue weighted by Gasteiger charge is -2.14. The van der Waals surface area contributed by atoms with Crippen molar-refractivity contribution in [3.8, 4) is 0 Å². The van der Waals surface area contributed by atoms with Crippen molar-refractivity contribution in [2.45, 2.75) is 17.1 Å². The van der Waals surface area contributed by atoms with Crippen molar-refractivity contribution in [3.05, 3.63) is 93.5 Å². The second-order valence-electron chi connectivity index (χ2n) is 6.87. The highest BCUT2D eigenvalue weighted by molar-refractivity contribution is 8.00. The summed E-state index contributed by atoms with van der Waals surface area (Å²) in [4.78, 5) is 35.2. The quantitative estimate of drug-likeness (QED) is 0.148. The number of carbonyl (C=O) groups is 2. The second kappa shape index (κ2) is 10.3. The predicted octanol–water partition coefficient (Wildman–Crippen LogP) is 5.52. The second-order valence-corrected chi connectivity index (χ2v) is 8.29. The summed E-state index contributed by atoms with van der Waals surface area (Å²) >= 11 is 0.998. The van der Waals surface area contributed by atoms with Crippen LogP contribution in [-0.4, -0.2) is 22.0 Å². The number of halogens is 4. The molecule has 34 heavy (non-hydrogen) atoms. The van der Waals surface area contributed by atoms with Gasteiger partial charge in [-0.1, -0.05) is 0 Å². The number of rotatable bonds is 7. The SMILES string of the molecule is CC(Sc1ccc(NC(=O)c2ccc([N+](=O)[O-])cc2)cc1)C(=O)Nc1c(F)c(F)cc(F)c1F. The van der Waals surface area contributed by atoms with Crippen LogP contribution in [0.2, 0.25) is 0 Å². The summed E-state index contributed by atoms with van der Waals surface area (Å²) in [5.74, 6) is -8.07. The topological polar surface area (TPSA) is 101 Å². The molecular formula is C22H15F4N3O4S. The number of nitrogens with one attached hydrogen (secondary N) is 2. The first-order valence-corrected chi connectivity index (χ1v) is 10.4. The summed E-state index contributed by atoms with van der Waals surface area (Å²) in [6, 6.07) is 11.3. The number of hydrogen-bond donors (Lipinski definition) is 2. The van der Waals surface area contributed by atoms with Crippen LogP contribution in [0.15, 0.2) is 59.5 Å². The molecule has 0 saturated carbocycles. The lowest BCUT2D eigenvalue weighted by atomic mass is 10.2. The van der Waals surface area contributed by atoms with E-state index in [1.807, 2.05) is 5.32 Å².